The quantitative estimate of drug-likeness (QED) is 0.876. The summed E-state index contributed by atoms with van der Waals surface area (Å²) < 4.78 is 18.6. The smallest absolute Gasteiger partial charge is 0.310 e. The molecule has 0 radical (unpaired) electrons. The number of carboxylic acid groups (broad SMARTS) is 1. The van der Waals surface area contributed by atoms with Crippen molar-refractivity contribution in [1.29, 1.82) is 0 Å². The van der Waals surface area contributed by atoms with Gasteiger partial charge >= 0.3 is 5.97 Å². The zero-order chi connectivity index (χ0) is 15.4. The van der Waals surface area contributed by atoms with E-state index in [1.165, 1.54) is 12.1 Å². The van der Waals surface area contributed by atoms with Crippen molar-refractivity contribution in [2.24, 2.45) is 5.92 Å². The van der Waals surface area contributed by atoms with E-state index in [-0.39, 0.29) is 18.5 Å². The van der Waals surface area contributed by atoms with Gasteiger partial charge in [0.25, 0.3) is 0 Å². The van der Waals surface area contributed by atoms with Gasteiger partial charge in [-0.25, -0.2) is 4.39 Å². The van der Waals surface area contributed by atoms with Crippen LogP contribution in [-0.4, -0.2) is 41.8 Å². The molecule has 1 fully saturated rings. The number of carbonyl (C=O) groups is 1. The molecule has 1 aromatic carbocycles. The number of benzene rings is 1. The summed E-state index contributed by atoms with van der Waals surface area (Å²) in [5.74, 6) is -1.54. The van der Waals surface area contributed by atoms with Crippen LogP contribution in [0.2, 0.25) is 0 Å². The van der Waals surface area contributed by atoms with Gasteiger partial charge in [-0.3, -0.25) is 9.69 Å². The van der Waals surface area contributed by atoms with Crippen LogP contribution in [0.3, 0.4) is 0 Å². The lowest BCUT2D eigenvalue weighted by atomic mass is 10.0. The molecule has 5 heteroatoms. The summed E-state index contributed by atoms with van der Waals surface area (Å²) in [7, 11) is 0. The third-order valence-electron chi connectivity index (χ3n) is 4.03. The number of aliphatic carboxylic acids is 1. The fourth-order valence-electron chi connectivity index (χ4n) is 2.84. The molecular weight excluding hydrogens is 273 g/mol. The van der Waals surface area contributed by atoms with Crippen LogP contribution in [-0.2, 0) is 16.1 Å². The summed E-state index contributed by atoms with van der Waals surface area (Å²) in [4.78, 5) is 13.5. The maximum atomic E-state index is 13.2. The van der Waals surface area contributed by atoms with Gasteiger partial charge in [0.2, 0.25) is 0 Å². The second-order valence-corrected chi connectivity index (χ2v) is 5.59. The topological polar surface area (TPSA) is 49.8 Å². The van der Waals surface area contributed by atoms with E-state index in [4.69, 9.17) is 4.74 Å². The molecule has 1 saturated heterocycles. The third kappa shape index (κ3) is 3.80. The fraction of sp³-hybridized carbons (Fsp3) is 0.562. The zero-order valence-electron chi connectivity index (χ0n) is 12.5. The van der Waals surface area contributed by atoms with E-state index >= 15 is 0 Å². The number of carboxylic acids is 1. The highest BCUT2D eigenvalue weighted by Crippen LogP contribution is 2.23. The van der Waals surface area contributed by atoms with Gasteiger partial charge in [0.15, 0.2) is 0 Å². The summed E-state index contributed by atoms with van der Waals surface area (Å²) >= 11 is 0. The molecule has 1 aliphatic rings. The highest BCUT2D eigenvalue weighted by Gasteiger charge is 2.37. The van der Waals surface area contributed by atoms with E-state index in [2.05, 4.69) is 11.8 Å². The Hall–Kier alpha value is -1.46. The Balaban J connectivity index is 2.16. The predicted molar refractivity (Wildman–Crippen MR) is 77.6 cm³/mol. The second-order valence-electron chi connectivity index (χ2n) is 5.59. The first-order valence-electron chi connectivity index (χ1n) is 7.32. The normalized spacial score (nSPS) is 21.9. The van der Waals surface area contributed by atoms with Crippen molar-refractivity contribution in [3.63, 3.8) is 0 Å². The average Bonchev–Trinajstić information content (AvgIpc) is 2.90. The highest BCUT2D eigenvalue weighted by molar-refractivity contribution is 5.71. The monoisotopic (exact) mass is 295 g/mol. The van der Waals surface area contributed by atoms with E-state index in [1.807, 2.05) is 6.92 Å². The molecular formula is C16H22FNO3. The first-order valence-corrected chi connectivity index (χ1v) is 7.32. The largest absolute Gasteiger partial charge is 0.481 e. The van der Waals surface area contributed by atoms with Crippen molar-refractivity contribution in [2.45, 2.75) is 32.9 Å². The lowest BCUT2D eigenvalue weighted by Gasteiger charge is -2.30. The molecule has 4 nitrogen and oxygen atoms in total. The lowest BCUT2D eigenvalue weighted by Crippen LogP contribution is -2.43. The first-order chi connectivity index (χ1) is 10.0. The molecule has 116 valence electrons. The summed E-state index contributed by atoms with van der Waals surface area (Å²) in [6.45, 7) is 6.07. The molecule has 0 bridgehead atoms. The Morgan fingerprint density at radius 3 is 2.86 bits per heavy atom. The molecule has 0 aromatic heterocycles. The van der Waals surface area contributed by atoms with Gasteiger partial charge in [-0.2, -0.15) is 0 Å². The number of rotatable bonds is 6. The van der Waals surface area contributed by atoms with Crippen LogP contribution in [0.25, 0.3) is 0 Å². The van der Waals surface area contributed by atoms with Crippen molar-refractivity contribution in [1.82, 2.24) is 4.90 Å². The van der Waals surface area contributed by atoms with E-state index in [0.29, 0.717) is 13.2 Å². The molecule has 0 saturated carbocycles. The van der Waals surface area contributed by atoms with E-state index in [0.717, 1.165) is 24.1 Å². The minimum Gasteiger partial charge on any atom is -0.481 e. The van der Waals surface area contributed by atoms with Crippen LogP contribution in [0.5, 0.6) is 0 Å². The molecule has 1 aliphatic heterocycles. The Kier molecular flexibility index (Phi) is 5.31. The van der Waals surface area contributed by atoms with Gasteiger partial charge in [-0.15, -0.1) is 0 Å². The minimum absolute atomic E-state index is 0.119. The van der Waals surface area contributed by atoms with Gasteiger partial charge in [-0.1, -0.05) is 13.0 Å². The van der Waals surface area contributed by atoms with Crippen molar-refractivity contribution in [3.8, 4) is 0 Å². The van der Waals surface area contributed by atoms with Crippen LogP contribution in [0.1, 0.15) is 24.5 Å². The number of nitrogens with zero attached hydrogens (tertiary/aromatic N) is 1. The Labute approximate surface area is 124 Å². The number of ether oxygens (including phenoxy) is 1. The third-order valence-corrected chi connectivity index (χ3v) is 4.03. The standard InChI is InChI=1S/C16H22FNO3/c1-3-6-18(15-10-21-9-14(15)16(19)20)8-12-4-5-13(17)7-11(12)2/h4-5,7,14-15H,3,6,8-10H2,1-2H3,(H,19,20). The molecule has 0 amide bonds. The molecule has 2 atom stereocenters. The average molecular weight is 295 g/mol. The maximum Gasteiger partial charge on any atom is 0.310 e. The van der Waals surface area contributed by atoms with Gasteiger partial charge in [0.1, 0.15) is 5.82 Å². The van der Waals surface area contributed by atoms with E-state index < -0.39 is 11.9 Å². The second kappa shape index (κ2) is 7.00. The molecule has 2 unspecified atom stereocenters. The van der Waals surface area contributed by atoms with Gasteiger partial charge in [-0.05, 0) is 43.1 Å². The summed E-state index contributed by atoms with van der Waals surface area (Å²) in [6, 6.07) is 4.62. The van der Waals surface area contributed by atoms with Gasteiger partial charge in [0, 0.05) is 12.6 Å². The minimum atomic E-state index is -0.811. The number of hydrogen-bond acceptors (Lipinski definition) is 3. The van der Waals surface area contributed by atoms with Gasteiger partial charge < -0.3 is 9.84 Å². The van der Waals surface area contributed by atoms with Gasteiger partial charge in [0.05, 0.1) is 19.1 Å². The van der Waals surface area contributed by atoms with E-state index in [1.54, 1.807) is 6.07 Å². The molecule has 1 N–H and O–H groups in total. The molecule has 1 heterocycles. The number of halogens is 1. The van der Waals surface area contributed by atoms with Crippen LogP contribution >= 0.6 is 0 Å². The fourth-order valence-corrected chi connectivity index (χ4v) is 2.84. The van der Waals surface area contributed by atoms with E-state index in [9.17, 15) is 14.3 Å². The maximum absolute atomic E-state index is 13.2. The predicted octanol–water partition coefficient (Wildman–Crippen LogP) is 2.45. The first kappa shape index (κ1) is 15.9. The molecule has 1 aromatic rings. The SMILES string of the molecule is CCCN(Cc1ccc(F)cc1C)C1COCC1C(=O)O. The van der Waals surface area contributed by atoms with Crippen molar-refractivity contribution in [2.75, 3.05) is 19.8 Å². The highest BCUT2D eigenvalue weighted by atomic mass is 19.1. The Bertz CT molecular complexity index is 506. The molecule has 0 spiro atoms. The van der Waals surface area contributed by atoms with Crippen molar-refractivity contribution in [3.05, 3.63) is 35.1 Å². The van der Waals surface area contributed by atoms with Crippen molar-refractivity contribution < 1.29 is 19.0 Å². The zero-order valence-corrected chi connectivity index (χ0v) is 12.5. The van der Waals surface area contributed by atoms with Crippen molar-refractivity contribution >= 4 is 5.97 Å². The van der Waals surface area contributed by atoms with Crippen LogP contribution in [0.4, 0.5) is 4.39 Å². The Morgan fingerprint density at radius 1 is 1.48 bits per heavy atom. The van der Waals surface area contributed by atoms with Crippen LogP contribution in [0.15, 0.2) is 18.2 Å². The summed E-state index contributed by atoms with van der Waals surface area (Å²) in [5, 5.41) is 9.30. The summed E-state index contributed by atoms with van der Waals surface area (Å²) in [5.41, 5.74) is 1.92. The molecule has 2 rings (SSSR count). The molecule has 0 aliphatic carbocycles. The lowest BCUT2D eigenvalue weighted by molar-refractivity contribution is -0.143. The molecule has 21 heavy (non-hydrogen) atoms. The Morgan fingerprint density at radius 2 is 2.24 bits per heavy atom. The number of hydrogen-bond donors (Lipinski definition) is 1. The summed E-state index contributed by atoms with van der Waals surface area (Å²) in [6.07, 6.45) is 0.934. The van der Waals surface area contributed by atoms with Crippen LogP contribution in [0, 0.1) is 18.7 Å². The number of aryl methyl sites for hydroxylation is 1. The van der Waals surface area contributed by atoms with Crippen LogP contribution < -0.4 is 0 Å².